The molecular weight excluding hydrogens is 408 g/mol. The van der Waals surface area contributed by atoms with Crippen molar-refractivity contribution in [3.05, 3.63) is 53.6 Å². The molecule has 0 saturated carbocycles. The van der Waals surface area contributed by atoms with Crippen molar-refractivity contribution in [3.63, 3.8) is 0 Å². The van der Waals surface area contributed by atoms with Gasteiger partial charge in [-0.2, -0.15) is 0 Å². The molecule has 7 nitrogen and oxygen atoms in total. The third kappa shape index (κ3) is 6.64. The third-order valence-electron chi connectivity index (χ3n) is 5.62. The second-order valence-corrected chi connectivity index (χ2v) is 7.90. The minimum atomic E-state index is -0.165. The number of likely N-dealkylation sites (tertiary alicyclic amines) is 1. The number of nitrogens with zero attached hydrogens (tertiary/aromatic N) is 1. The Labute approximate surface area is 189 Å². The topological polar surface area (TPSA) is 77.1 Å². The molecule has 1 saturated heterocycles. The van der Waals surface area contributed by atoms with Crippen molar-refractivity contribution < 1.29 is 23.8 Å². The average Bonchev–Trinajstić information content (AvgIpc) is 2.80. The highest BCUT2D eigenvalue weighted by molar-refractivity contribution is 5.79. The number of hydrogen-bond acceptors (Lipinski definition) is 5. The Bertz CT molecular complexity index is 905. The first-order valence-electron chi connectivity index (χ1n) is 11.1. The zero-order valence-corrected chi connectivity index (χ0v) is 19.1. The van der Waals surface area contributed by atoms with Crippen molar-refractivity contribution >= 4 is 11.8 Å². The van der Waals surface area contributed by atoms with Crippen molar-refractivity contribution in [2.75, 3.05) is 32.9 Å². The molecule has 2 aromatic rings. The van der Waals surface area contributed by atoms with Crippen LogP contribution < -0.4 is 19.5 Å². The number of carbonyl (C=O) groups is 2. The lowest BCUT2D eigenvalue weighted by Crippen LogP contribution is -2.48. The predicted octanol–water partition coefficient (Wildman–Crippen LogP) is 3.27. The Morgan fingerprint density at radius 2 is 1.59 bits per heavy atom. The first kappa shape index (κ1) is 23.4. The van der Waals surface area contributed by atoms with E-state index in [1.165, 1.54) is 0 Å². The van der Waals surface area contributed by atoms with Gasteiger partial charge in [-0.15, -0.1) is 0 Å². The molecule has 1 fully saturated rings. The average molecular weight is 441 g/mol. The van der Waals surface area contributed by atoms with Crippen LogP contribution in [0.15, 0.2) is 42.5 Å². The maximum Gasteiger partial charge on any atom is 0.260 e. The van der Waals surface area contributed by atoms with E-state index < -0.39 is 0 Å². The Hall–Kier alpha value is -3.22. The zero-order chi connectivity index (χ0) is 22.9. The van der Waals surface area contributed by atoms with Gasteiger partial charge in [0.25, 0.3) is 11.8 Å². The van der Waals surface area contributed by atoms with Gasteiger partial charge in [0.1, 0.15) is 17.2 Å². The third-order valence-corrected chi connectivity index (χ3v) is 5.62. The molecule has 0 radical (unpaired) electrons. The summed E-state index contributed by atoms with van der Waals surface area (Å²) in [4.78, 5) is 26.5. The van der Waals surface area contributed by atoms with Gasteiger partial charge in [0.15, 0.2) is 13.2 Å². The Morgan fingerprint density at radius 1 is 0.938 bits per heavy atom. The van der Waals surface area contributed by atoms with Crippen LogP contribution in [-0.2, 0) is 9.59 Å². The lowest BCUT2D eigenvalue weighted by molar-refractivity contribution is -0.134. The number of aryl methyl sites for hydroxylation is 1. The summed E-state index contributed by atoms with van der Waals surface area (Å²) in [7, 11) is 0. The van der Waals surface area contributed by atoms with Gasteiger partial charge < -0.3 is 24.4 Å². The lowest BCUT2D eigenvalue weighted by atomic mass is 10.0. The molecule has 1 N–H and O–H groups in total. The molecule has 7 heteroatoms. The standard InChI is InChI=1S/C25H32N2O5/c1-4-30-21-8-10-22(11-9-21)31-16-24(28)26-20-12-14-27(15-13-20)25(29)17-32-23-7-5-6-18(2)19(23)3/h5-11,20H,4,12-17H2,1-3H3,(H,26,28). The van der Waals surface area contributed by atoms with Crippen LogP contribution in [0.3, 0.4) is 0 Å². The maximum absolute atomic E-state index is 12.5. The monoisotopic (exact) mass is 440 g/mol. The van der Waals surface area contributed by atoms with Crippen molar-refractivity contribution in [2.24, 2.45) is 0 Å². The summed E-state index contributed by atoms with van der Waals surface area (Å²) in [5.74, 6) is 1.93. The SMILES string of the molecule is CCOc1ccc(OCC(=O)NC2CCN(C(=O)COc3cccc(C)c3C)CC2)cc1. The summed E-state index contributed by atoms with van der Waals surface area (Å²) < 4.78 is 16.7. The van der Waals surface area contributed by atoms with E-state index in [9.17, 15) is 9.59 Å². The Balaban J connectivity index is 1.36. The van der Waals surface area contributed by atoms with Crippen LogP contribution in [0.5, 0.6) is 17.2 Å². The molecule has 0 unspecified atom stereocenters. The van der Waals surface area contributed by atoms with Crippen molar-refractivity contribution in [1.82, 2.24) is 10.2 Å². The van der Waals surface area contributed by atoms with Gasteiger partial charge in [0.2, 0.25) is 0 Å². The number of ether oxygens (including phenoxy) is 3. The molecule has 0 aromatic heterocycles. The summed E-state index contributed by atoms with van der Waals surface area (Å²) in [5, 5.41) is 2.99. The van der Waals surface area contributed by atoms with E-state index in [4.69, 9.17) is 14.2 Å². The minimum absolute atomic E-state index is 0.0250. The normalized spacial score (nSPS) is 14.0. The van der Waals surface area contributed by atoms with Crippen LogP contribution in [0.4, 0.5) is 0 Å². The molecule has 1 heterocycles. The molecule has 0 aliphatic carbocycles. The van der Waals surface area contributed by atoms with E-state index >= 15 is 0 Å². The second-order valence-electron chi connectivity index (χ2n) is 7.90. The second kappa shape index (κ2) is 11.4. The number of hydrogen-bond donors (Lipinski definition) is 1. The van der Waals surface area contributed by atoms with Crippen LogP contribution in [-0.4, -0.2) is 55.7 Å². The fraction of sp³-hybridized carbons (Fsp3) is 0.440. The molecular formula is C25H32N2O5. The fourth-order valence-corrected chi connectivity index (χ4v) is 3.60. The van der Waals surface area contributed by atoms with Gasteiger partial charge in [0.05, 0.1) is 6.61 Å². The Kier molecular flexibility index (Phi) is 8.36. The number of rotatable bonds is 9. The molecule has 1 aliphatic rings. The van der Waals surface area contributed by atoms with Crippen LogP contribution in [0.1, 0.15) is 30.9 Å². The minimum Gasteiger partial charge on any atom is -0.494 e. The van der Waals surface area contributed by atoms with E-state index in [1.807, 2.05) is 51.1 Å². The quantitative estimate of drug-likeness (QED) is 0.648. The van der Waals surface area contributed by atoms with Crippen LogP contribution in [0, 0.1) is 13.8 Å². The van der Waals surface area contributed by atoms with Gasteiger partial charge >= 0.3 is 0 Å². The van der Waals surface area contributed by atoms with E-state index in [0.29, 0.717) is 38.3 Å². The van der Waals surface area contributed by atoms with Crippen molar-refractivity contribution in [2.45, 2.75) is 39.7 Å². The summed E-state index contributed by atoms with van der Waals surface area (Å²) in [5.41, 5.74) is 2.19. The summed E-state index contributed by atoms with van der Waals surface area (Å²) >= 11 is 0. The van der Waals surface area contributed by atoms with E-state index in [-0.39, 0.29) is 31.1 Å². The number of piperidine rings is 1. The molecule has 0 atom stereocenters. The molecule has 2 aromatic carbocycles. The van der Waals surface area contributed by atoms with Crippen molar-refractivity contribution in [1.29, 1.82) is 0 Å². The molecule has 1 aliphatic heterocycles. The predicted molar refractivity (Wildman–Crippen MR) is 122 cm³/mol. The summed E-state index contributed by atoms with van der Waals surface area (Å²) in [6.45, 7) is 7.71. The first-order valence-corrected chi connectivity index (χ1v) is 11.1. The van der Waals surface area contributed by atoms with E-state index in [2.05, 4.69) is 5.32 Å². The number of amides is 2. The highest BCUT2D eigenvalue weighted by Crippen LogP contribution is 2.21. The highest BCUT2D eigenvalue weighted by atomic mass is 16.5. The molecule has 32 heavy (non-hydrogen) atoms. The lowest BCUT2D eigenvalue weighted by Gasteiger charge is -2.32. The summed E-state index contributed by atoms with van der Waals surface area (Å²) in [6.07, 6.45) is 1.42. The number of carbonyl (C=O) groups excluding carboxylic acids is 2. The largest absolute Gasteiger partial charge is 0.494 e. The van der Waals surface area contributed by atoms with E-state index in [0.717, 1.165) is 22.6 Å². The fourth-order valence-electron chi connectivity index (χ4n) is 3.60. The molecule has 172 valence electrons. The van der Waals surface area contributed by atoms with E-state index in [1.54, 1.807) is 17.0 Å². The molecule has 3 rings (SSSR count). The van der Waals surface area contributed by atoms with Crippen molar-refractivity contribution in [3.8, 4) is 17.2 Å². The number of nitrogens with one attached hydrogen (secondary N) is 1. The molecule has 2 amide bonds. The van der Waals surface area contributed by atoms with Crippen LogP contribution >= 0.6 is 0 Å². The van der Waals surface area contributed by atoms with Gasteiger partial charge in [-0.05, 0) is 75.1 Å². The Morgan fingerprint density at radius 3 is 2.25 bits per heavy atom. The van der Waals surface area contributed by atoms with Gasteiger partial charge in [-0.25, -0.2) is 0 Å². The van der Waals surface area contributed by atoms with Gasteiger partial charge in [-0.3, -0.25) is 9.59 Å². The summed E-state index contributed by atoms with van der Waals surface area (Å²) in [6, 6.07) is 13.1. The smallest absolute Gasteiger partial charge is 0.260 e. The maximum atomic E-state index is 12.5. The van der Waals surface area contributed by atoms with Crippen LogP contribution in [0.25, 0.3) is 0 Å². The molecule has 0 spiro atoms. The van der Waals surface area contributed by atoms with Crippen LogP contribution in [0.2, 0.25) is 0 Å². The first-order chi connectivity index (χ1) is 15.5. The van der Waals surface area contributed by atoms with Gasteiger partial charge in [0, 0.05) is 19.1 Å². The zero-order valence-electron chi connectivity index (χ0n) is 19.1. The number of benzene rings is 2. The van der Waals surface area contributed by atoms with Gasteiger partial charge in [-0.1, -0.05) is 12.1 Å². The molecule has 0 bridgehead atoms. The highest BCUT2D eigenvalue weighted by Gasteiger charge is 2.24.